The van der Waals surface area contributed by atoms with Crippen LogP contribution in [0.2, 0.25) is 0 Å². The summed E-state index contributed by atoms with van der Waals surface area (Å²) in [5, 5.41) is 14.0. The Hall–Kier alpha value is -1.83. The van der Waals surface area contributed by atoms with Gasteiger partial charge in [-0.3, -0.25) is 4.79 Å². The van der Waals surface area contributed by atoms with Gasteiger partial charge in [0.25, 0.3) is 0 Å². The molecule has 0 aromatic carbocycles. The van der Waals surface area contributed by atoms with Gasteiger partial charge in [0, 0.05) is 13.6 Å². The van der Waals surface area contributed by atoms with Crippen molar-refractivity contribution in [1.82, 2.24) is 15.5 Å². The Balaban J connectivity index is 4.23. The fourth-order valence-corrected chi connectivity index (χ4v) is 1.26. The van der Waals surface area contributed by atoms with Crippen LogP contribution >= 0.6 is 0 Å². The Bertz CT molecular complexity index is 308. The summed E-state index contributed by atoms with van der Waals surface area (Å²) in [6.45, 7) is 1.23. The van der Waals surface area contributed by atoms with Gasteiger partial charge in [-0.05, 0) is 20.0 Å². The van der Waals surface area contributed by atoms with Crippen LogP contribution in [-0.2, 0) is 9.59 Å². The first kappa shape index (κ1) is 16.2. The normalized spacial score (nSPS) is 11.7. The average Bonchev–Trinajstić information content (AvgIpc) is 2.27. The lowest BCUT2D eigenvalue weighted by Gasteiger charge is -2.20. The van der Waals surface area contributed by atoms with E-state index in [0.717, 1.165) is 13.0 Å². The number of carboxylic acid groups (broad SMARTS) is 1. The maximum Gasteiger partial charge on any atom is 0.326 e. The van der Waals surface area contributed by atoms with Crippen LogP contribution in [0.5, 0.6) is 0 Å². The summed E-state index contributed by atoms with van der Waals surface area (Å²) in [6.07, 6.45) is 0.319. The van der Waals surface area contributed by atoms with Crippen molar-refractivity contribution in [2.24, 2.45) is 5.73 Å². The largest absolute Gasteiger partial charge is 0.480 e. The molecule has 3 amide bonds. The smallest absolute Gasteiger partial charge is 0.326 e. The zero-order chi connectivity index (χ0) is 14.1. The van der Waals surface area contributed by atoms with Gasteiger partial charge < -0.3 is 26.4 Å². The second-order valence-electron chi connectivity index (χ2n) is 3.89. The van der Waals surface area contributed by atoms with E-state index in [-0.39, 0.29) is 0 Å². The zero-order valence-electron chi connectivity index (χ0n) is 10.6. The van der Waals surface area contributed by atoms with Gasteiger partial charge in [0.15, 0.2) is 0 Å². The quantitative estimate of drug-likeness (QED) is 0.398. The molecule has 0 bridgehead atoms. The highest BCUT2D eigenvalue weighted by Crippen LogP contribution is 1.95. The van der Waals surface area contributed by atoms with Crippen molar-refractivity contribution in [3.8, 4) is 0 Å². The molecule has 0 heterocycles. The van der Waals surface area contributed by atoms with Crippen LogP contribution in [0.15, 0.2) is 0 Å². The van der Waals surface area contributed by atoms with Crippen LogP contribution in [-0.4, -0.2) is 61.1 Å². The van der Waals surface area contributed by atoms with Crippen LogP contribution in [0.1, 0.15) is 12.8 Å². The minimum Gasteiger partial charge on any atom is -0.480 e. The number of carboxylic acids is 1. The van der Waals surface area contributed by atoms with Gasteiger partial charge in [-0.15, -0.1) is 0 Å². The second kappa shape index (κ2) is 8.29. The highest BCUT2D eigenvalue weighted by molar-refractivity contribution is 5.87. The molecule has 0 saturated heterocycles. The molecule has 0 saturated carbocycles. The first-order valence-corrected chi connectivity index (χ1v) is 5.55. The van der Waals surface area contributed by atoms with Crippen molar-refractivity contribution in [2.75, 3.05) is 27.2 Å². The molecule has 0 aliphatic carbocycles. The number of rotatable bonds is 8. The third-order valence-electron chi connectivity index (χ3n) is 2.27. The van der Waals surface area contributed by atoms with E-state index >= 15 is 0 Å². The van der Waals surface area contributed by atoms with E-state index in [0.29, 0.717) is 6.54 Å². The molecule has 1 atom stereocenters. The second-order valence-corrected chi connectivity index (χ2v) is 3.89. The van der Waals surface area contributed by atoms with Crippen molar-refractivity contribution >= 4 is 17.9 Å². The molecule has 5 N–H and O–H groups in total. The summed E-state index contributed by atoms with van der Waals surface area (Å²) in [4.78, 5) is 34.4. The number of nitrogens with two attached hydrogens (primary N) is 1. The summed E-state index contributed by atoms with van der Waals surface area (Å²) in [7, 11) is 3.35. The lowest BCUT2D eigenvalue weighted by molar-refractivity contribution is -0.140. The van der Waals surface area contributed by atoms with Gasteiger partial charge >= 0.3 is 12.0 Å². The molecule has 0 aliphatic heterocycles. The Labute approximate surface area is 106 Å². The first-order chi connectivity index (χ1) is 8.38. The summed E-state index contributed by atoms with van der Waals surface area (Å²) in [5.74, 6) is -2.06. The van der Waals surface area contributed by atoms with Crippen molar-refractivity contribution in [3.05, 3.63) is 0 Å². The third-order valence-corrected chi connectivity index (χ3v) is 2.27. The van der Waals surface area contributed by atoms with Crippen molar-refractivity contribution in [1.29, 1.82) is 0 Å². The lowest BCUT2D eigenvalue weighted by atomic mass is 10.2. The molecule has 0 fully saturated rings. The van der Waals surface area contributed by atoms with Crippen LogP contribution < -0.4 is 16.4 Å². The standard InChI is InChI=1S/C10H20N4O4/c1-12-4-3-5-14(2)10(18)13-7(9(16)17)6-8(11)15/h7,12H,3-6H2,1-2H3,(H2,11,15)(H,13,18)(H,16,17)/t7-/m0/s1. The molecular formula is C10H20N4O4. The van der Waals surface area contributed by atoms with E-state index in [2.05, 4.69) is 10.6 Å². The Morgan fingerprint density at radius 1 is 1.39 bits per heavy atom. The Kier molecular flexibility index (Phi) is 7.45. The lowest BCUT2D eigenvalue weighted by Crippen LogP contribution is -2.48. The highest BCUT2D eigenvalue weighted by atomic mass is 16.4. The number of aliphatic carboxylic acids is 1. The van der Waals surface area contributed by atoms with E-state index in [1.807, 2.05) is 0 Å². The third kappa shape index (κ3) is 6.69. The Morgan fingerprint density at radius 3 is 2.44 bits per heavy atom. The van der Waals surface area contributed by atoms with Crippen molar-refractivity contribution in [3.63, 3.8) is 0 Å². The predicted octanol–water partition coefficient (Wildman–Crippen LogP) is -1.43. The fourth-order valence-electron chi connectivity index (χ4n) is 1.26. The Morgan fingerprint density at radius 2 is 2.00 bits per heavy atom. The number of urea groups is 1. The summed E-state index contributed by atoms with van der Waals surface area (Å²) in [6, 6.07) is -1.83. The molecular weight excluding hydrogens is 240 g/mol. The summed E-state index contributed by atoms with van der Waals surface area (Å²) < 4.78 is 0. The molecule has 0 radical (unpaired) electrons. The van der Waals surface area contributed by atoms with Crippen LogP contribution in [0.3, 0.4) is 0 Å². The van der Waals surface area contributed by atoms with Crippen LogP contribution in [0.25, 0.3) is 0 Å². The van der Waals surface area contributed by atoms with E-state index < -0.39 is 30.4 Å². The van der Waals surface area contributed by atoms with Crippen molar-refractivity contribution in [2.45, 2.75) is 18.9 Å². The topological polar surface area (TPSA) is 125 Å². The number of nitrogens with one attached hydrogen (secondary N) is 2. The van der Waals surface area contributed by atoms with E-state index in [4.69, 9.17) is 10.8 Å². The van der Waals surface area contributed by atoms with Gasteiger partial charge in [-0.1, -0.05) is 0 Å². The number of primary amides is 1. The molecule has 104 valence electrons. The average molecular weight is 260 g/mol. The molecule has 0 aromatic heterocycles. The predicted molar refractivity (Wildman–Crippen MR) is 64.9 cm³/mol. The highest BCUT2D eigenvalue weighted by Gasteiger charge is 2.23. The van der Waals surface area contributed by atoms with Gasteiger partial charge in [0.2, 0.25) is 5.91 Å². The molecule has 8 nitrogen and oxygen atoms in total. The number of carbonyl (C=O) groups is 3. The van der Waals surface area contributed by atoms with Crippen LogP contribution in [0.4, 0.5) is 4.79 Å². The molecule has 0 aliphatic rings. The van der Waals surface area contributed by atoms with Gasteiger partial charge in [-0.25, -0.2) is 9.59 Å². The molecule has 0 unspecified atom stereocenters. The first-order valence-electron chi connectivity index (χ1n) is 5.55. The maximum absolute atomic E-state index is 11.6. The molecule has 0 aromatic rings. The van der Waals surface area contributed by atoms with Gasteiger partial charge in [-0.2, -0.15) is 0 Å². The van der Waals surface area contributed by atoms with Crippen LogP contribution in [0, 0.1) is 0 Å². The number of hydrogen-bond donors (Lipinski definition) is 4. The zero-order valence-corrected chi connectivity index (χ0v) is 10.6. The monoisotopic (exact) mass is 260 g/mol. The van der Waals surface area contributed by atoms with E-state index in [9.17, 15) is 14.4 Å². The molecule has 0 rings (SSSR count). The maximum atomic E-state index is 11.6. The van der Waals surface area contributed by atoms with Gasteiger partial charge in [0.05, 0.1) is 6.42 Å². The number of nitrogens with zero attached hydrogens (tertiary/aromatic N) is 1. The summed E-state index contributed by atoms with van der Waals surface area (Å²) >= 11 is 0. The SMILES string of the molecule is CNCCCN(C)C(=O)N[C@@H](CC(N)=O)C(=O)O. The fraction of sp³-hybridized carbons (Fsp3) is 0.700. The number of carbonyl (C=O) groups excluding carboxylic acids is 2. The van der Waals surface area contributed by atoms with E-state index in [1.165, 1.54) is 4.90 Å². The number of hydrogen-bond acceptors (Lipinski definition) is 4. The summed E-state index contributed by atoms with van der Waals surface area (Å²) in [5.41, 5.74) is 4.91. The minimum atomic E-state index is -1.29. The number of amides is 3. The van der Waals surface area contributed by atoms with Gasteiger partial charge in [0.1, 0.15) is 6.04 Å². The van der Waals surface area contributed by atoms with E-state index in [1.54, 1.807) is 14.1 Å². The van der Waals surface area contributed by atoms with Crippen molar-refractivity contribution < 1.29 is 19.5 Å². The molecule has 0 spiro atoms. The minimum absolute atomic E-state index is 0.425. The molecule has 8 heteroatoms. The molecule has 18 heavy (non-hydrogen) atoms.